The monoisotopic (exact) mass is 750 g/mol. The fourth-order valence-electron chi connectivity index (χ4n) is 7.59. The van der Waals surface area contributed by atoms with E-state index in [9.17, 15) is 24.3 Å². The second-order valence-corrected chi connectivity index (χ2v) is 15.6. The number of methoxy groups -OCH3 is 1. The lowest BCUT2D eigenvalue weighted by Gasteiger charge is -2.30. The van der Waals surface area contributed by atoms with E-state index < -0.39 is 24.3 Å². The molecule has 14 heteroatoms. The molecule has 290 valence electrons. The largest absolute Gasteiger partial charge is 0.465 e. The predicted molar refractivity (Wildman–Crippen MR) is 207 cm³/mol. The Bertz CT molecular complexity index is 2110. The van der Waals surface area contributed by atoms with Crippen molar-refractivity contribution in [3.8, 4) is 23.1 Å². The molecule has 0 bridgehead atoms. The second-order valence-electron chi connectivity index (χ2n) is 15.6. The van der Waals surface area contributed by atoms with E-state index in [-0.39, 0.29) is 47.6 Å². The van der Waals surface area contributed by atoms with Gasteiger partial charge in [0.15, 0.2) is 0 Å². The van der Waals surface area contributed by atoms with Crippen LogP contribution in [-0.2, 0) is 14.3 Å². The van der Waals surface area contributed by atoms with E-state index in [0.717, 1.165) is 46.3 Å². The molecule has 2 aliphatic heterocycles. The topological polar surface area (TPSA) is 186 Å². The number of benzene rings is 2. The maximum absolute atomic E-state index is 13.7. The van der Waals surface area contributed by atoms with Crippen LogP contribution < -0.4 is 10.6 Å². The number of aromatic nitrogens is 4. The van der Waals surface area contributed by atoms with E-state index in [1.807, 2.05) is 81.3 Å². The highest BCUT2D eigenvalue weighted by molar-refractivity contribution is 5.87. The van der Waals surface area contributed by atoms with Crippen molar-refractivity contribution in [1.82, 2.24) is 40.4 Å². The van der Waals surface area contributed by atoms with Gasteiger partial charge in [-0.05, 0) is 66.8 Å². The van der Waals surface area contributed by atoms with Gasteiger partial charge in [-0.15, -0.1) is 0 Å². The van der Waals surface area contributed by atoms with Crippen molar-refractivity contribution in [3.05, 3.63) is 71.4 Å². The molecule has 4 heterocycles. The zero-order valence-corrected chi connectivity index (χ0v) is 32.3. The number of fused-ring (bicyclic) bond motifs is 1. The fourth-order valence-corrected chi connectivity index (χ4v) is 7.59. The van der Waals surface area contributed by atoms with E-state index in [2.05, 4.69) is 46.3 Å². The average Bonchev–Trinajstić information content (AvgIpc) is 3.96. The molecule has 6 atom stereocenters. The van der Waals surface area contributed by atoms with E-state index in [4.69, 9.17) is 14.7 Å². The number of rotatable bonds is 9. The number of nitrogens with one attached hydrogen (secondary N) is 4. The highest BCUT2D eigenvalue weighted by Crippen LogP contribution is 2.37. The van der Waals surface area contributed by atoms with Crippen molar-refractivity contribution in [1.29, 1.82) is 0 Å². The molecule has 4 aromatic rings. The van der Waals surface area contributed by atoms with Crippen LogP contribution >= 0.6 is 0 Å². The van der Waals surface area contributed by atoms with Gasteiger partial charge in [-0.2, -0.15) is 0 Å². The van der Waals surface area contributed by atoms with Gasteiger partial charge in [-0.3, -0.25) is 9.59 Å². The molecule has 6 rings (SSSR count). The Kier molecular flexibility index (Phi) is 11.5. The first kappa shape index (κ1) is 38.9. The lowest BCUT2D eigenvalue weighted by Crippen LogP contribution is -2.51. The van der Waals surface area contributed by atoms with E-state index in [0.29, 0.717) is 24.7 Å². The molecule has 5 N–H and O–H groups in total. The van der Waals surface area contributed by atoms with E-state index in [1.54, 1.807) is 4.90 Å². The molecule has 0 radical (unpaired) electrons. The van der Waals surface area contributed by atoms with Crippen LogP contribution in [0.4, 0.5) is 9.59 Å². The third kappa shape index (κ3) is 8.61. The number of carbonyl (C=O) groups is 4. The second kappa shape index (κ2) is 16.3. The van der Waals surface area contributed by atoms with Crippen molar-refractivity contribution in [3.63, 3.8) is 0 Å². The first-order chi connectivity index (χ1) is 26.2. The number of H-pyrrole nitrogens is 2. The summed E-state index contributed by atoms with van der Waals surface area (Å²) >= 11 is 0. The molecule has 2 fully saturated rings. The van der Waals surface area contributed by atoms with Gasteiger partial charge in [0.2, 0.25) is 11.8 Å². The zero-order valence-electron chi connectivity index (χ0n) is 32.3. The number of carboxylic acid groups (broad SMARTS) is 1. The Hall–Kier alpha value is -5.84. The van der Waals surface area contributed by atoms with Crippen molar-refractivity contribution in [2.24, 2.45) is 23.7 Å². The maximum atomic E-state index is 13.7. The number of amides is 4. The molecule has 2 aromatic heterocycles. The van der Waals surface area contributed by atoms with Crippen LogP contribution in [0.2, 0.25) is 0 Å². The number of carbonyl (C=O) groups excluding carboxylic acids is 3. The number of likely N-dealkylation sites (tertiary alicyclic amines) is 2. The van der Waals surface area contributed by atoms with Gasteiger partial charge < -0.3 is 40.2 Å². The van der Waals surface area contributed by atoms with Gasteiger partial charge in [-0.25, -0.2) is 19.6 Å². The first-order valence-corrected chi connectivity index (χ1v) is 18.8. The molecule has 0 spiro atoms. The Labute approximate surface area is 320 Å². The van der Waals surface area contributed by atoms with Crippen molar-refractivity contribution in [2.45, 2.75) is 78.6 Å². The minimum Gasteiger partial charge on any atom is -0.465 e. The summed E-state index contributed by atoms with van der Waals surface area (Å²) in [4.78, 5) is 70.5. The van der Waals surface area contributed by atoms with Crippen LogP contribution in [0.1, 0.15) is 89.2 Å². The van der Waals surface area contributed by atoms with Gasteiger partial charge in [0.25, 0.3) is 0 Å². The molecular weight excluding hydrogens is 701 g/mol. The van der Waals surface area contributed by atoms with Gasteiger partial charge in [0, 0.05) is 36.0 Å². The zero-order chi connectivity index (χ0) is 39.6. The molecule has 14 nitrogen and oxygen atoms in total. The molecule has 2 saturated heterocycles. The van der Waals surface area contributed by atoms with Gasteiger partial charge in [0.1, 0.15) is 23.7 Å². The maximum Gasteiger partial charge on any atom is 0.407 e. The standard InChI is InChI=1S/C41H50N8O6/c1-22(2)34(46-40(52)53)38(50)48-20-24(5)16-32(48)36-42-19-31(45-36)28-13-10-26(11-14-28)8-9-27-12-15-29-30(18-27)44-37(43-29)33-17-25(6)21-49(33)39(51)35(23(3)4)47-41(54)55-7/h10-15,18-19,22-25,32-35,46H,16-17,20-21H2,1-7H3,(H,42,45)(H,43,44)(H,47,54)(H,52,53)/t24-,25-,32-,33-,34-,35-/m0/s1. The molecule has 4 amide bonds. The van der Waals surface area contributed by atoms with Crippen molar-refractivity contribution >= 4 is 35.0 Å². The van der Waals surface area contributed by atoms with Crippen LogP contribution in [0.15, 0.2) is 48.7 Å². The quantitative estimate of drug-likeness (QED) is 0.132. The Morgan fingerprint density at radius 3 is 1.96 bits per heavy atom. The van der Waals surface area contributed by atoms with Crippen LogP contribution in [0.5, 0.6) is 0 Å². The summed E-state index contributed by atoms with van der Waals surface area (Å²) in [6.45, 7) is 12.7. The third-order valence-corrected chi connectivity index (χ3v) is 10.5. The number of nitrogens with zero attached hydrogens (tertiary/aromatic N) is 4. The molecule has 0 saturated carbocycles. The Morgan fingerprint density at radius 2 is 1.38 bits per heavy atom. The van der Waals surface area contributed by atoms with Gasteiger partial charge >= 0.3 is 12.2 Å². The summed E-state index contributed by atoms with van der Waals surface area (Å²) < 4.78 is 4.77. The van der Waals surface area contributed by atoms with Gasteiger partial charge in [-0.1, -0.05) is 65.5 Å². The summed E-state index contributed by atoms with van der Waals surface area (Å²) in [5, 5.41) is 14.4. The smallest absolute Gasteiger partial charge is 0.407 e. The first-order valence-electron chi connectivity index (χ1n) is 18.8. The third-order valence-electron chi connectivity index (χ3n) is 10.5. The number of hydrogen-bond acceptors (Lipinski definition) is 7. The van der Waals surface area contributed by atoms with Crippen LogP contribution in [0, 0.1) is 35.5 Å². The number of aromatic amines is 2. The van der Waals surface area contributed by atoms with Crippen LogP contribution in [0.25, 0.3) is 22.3 Å². The summed E-state index contributed by atoms with van der Waals surface area (Å²) in [7, 11) is 1.28. The molecule has 2 aliphatic rings. The van der Waals surface area contributed by atoms with E-state index >= 15 is 0 Å². The van der Waals surface area contributed by atoms with Crippen molar-refractivity contribution < 1.29 is 29.0 Å². The number of imidazole rings is 2. The minimum absolute atomic E-state index is 0.125. The lowest BCUT2D eigenvalue weighted by molar-refractivity contribution is -0.136. The molecule has 2 aromatic carbocycles. The highest BCUT2D eigenvalue weighted by Gasteiger charge is 2.41. The number of hydrogen-bond donors (Lipinski definition) is 5. The van der Waals surface area contributed by atoms with Crippen LogP contribution in [0.3, 0.4) is 0 Å². The molecule has 55 heavy (non-hydrogen) atoms. The number of alkyl carbamates (subject to hydrolysis) is 1. The Morgan fingerprint density at radius 1 is 0.818 bits per heavy atom. The predicted octanol–water partition coefficient (Wildman–Crippen LogP) is 5.84. The Balaban J connectivity index is 1.14. The highest BCUT2D eigenvalue weighted by atomic mass is 16.5. The fraction of sp³-hybridized carbons (Fsp3) is 0.463. The lowest BCUT2D eigenvalue weighted by atomic mass is 10.0. The van der Waals surface area contributed by atoms with Crippen LogP contribution in [-0.4, -0.2) is 91.1 Å². The SMILES string of the molecule is COC(=O)N[C@H](C(=O)N1C[C@@H](C)C[C@H]1c1nc2cc(C#Cc3ccc(-c4c[nH]c([C@@H]5C[C@H](C)CN5C(=O)[C@@H](NC(=O)O)C(C)C)n4)cc3)ccc2[nH]1)C(C)C. The summed E-state index contributed by atoms with van der Waals surface area (Å²) in [6.07, 6.45) is 1.45. The molecular formula is C41H50N8O6. The summed E-state index contributed by atoms with van der Waals surface area (Å²) in [5.74, 6) is 7.63. The van der Waals surface area contributed by atoms with Gasteiger partial charge in [0.05, 0.1) is 35.9 Å². The number of ether oxygens (including phenoxy) is 1. The van der Waals surface area contributed by atoms with E-state index in [1.165, 1.54) is 7.11 Å². The summed E-state index contributed by atoms with van der Waals surface area (Å²) in [5.41, 5.74) is 4.85. The summed E-state index contributed by atoms with van der Waals surface area (Å²) in [6, 6.07) is 11.5. The van der Waals surface area contributed by atoms with Crippen molar-refractivity contribution in [2.75, 3.05) is 20.2 Å². The molecule has 0 unspecified atom stereocenters. The normalized spacial score (nSPS) is 20.7. The average molecular weight is 751 g/mol. The molecule has 0 aliphatic carbocycles. The minimum atomic E-state index is -1.22.